The second-order valence-corrected chi connectivity index (χ2v) is 6.48. The van der Waals surface area contributed by atoms with Crippen LogP contribution in [-0.4, -0.2) is 40.5 Å². The van der Waals surface area contributed by atoms with Crippen LogP contribution < -0.4 is 5.32 Å². The Kier molecular flexibility index (Phi) is 9.09. The zero-order chi connectivity index (χ0) is 17.3. The van der Waals surface area contributed by atoms with Crippen molar-refractivity contribution in [1.82, 2.24) is 5.32 Å². The van der Waals surface area contributed by atoms with Gasteiger partial charge in [0.2, 0.25) is 5.91 Å². The minimum absolute atomic E-state index is 0.199. The highest BCUT2D eigenvalue weighted by atomic mass is 35.5. The Hall–Kier alpha value is -1.30. The molecule has 0 aromatic carbocycles. The number of hydrogen-bond donors (Lipinski definition) is 2. The van der Waals surface area contributed by atoms with Gasteiger partial charge in [0.05, 0.1) is 6.04 Å². The van der Waals surface area contributed by atoms with E-state index in [9.17, 15) is 19.5 Å². The summed E-state index contributed by atoms with van der Waals surface area (Å²) in [7, 11) is 0. The van der Waals surface area contributed by atoms with Gasteiger partial charge in [-0.3, -0.25) is 14.4 Å². The molecule has 0 saturated carbocycles. The molecule has 2 N–H and O–H groups in total. The molecule has 0 saturated heterocycles. The van der Waals surface area contributed by atoms with Crippen molar-refractivity contribution in [3.63, 3.8) is 0 Å². The Morgan fingerprint density at radius 2 is 1.86 bits per heavy atom. The summed E-state index contributed by atoms with van der Waals surface area (Å²) < 4.78 is 5.16. The lowest BCUT2D eigenvalue weighted by molar-refractivity contribution is -0.168. The van der Waals surface area contributed by atoms with Crippen LogP contribution in [0.5, 0.6) is 0 Å². The molecule has 0 aliphatic heterocycles. The fourth-order valence-electron chi connectivity index (χ4n) is 1.94. The van der Waals surface area contributed by atoms with Crippen molar-refractivity contribution in [1.29, 1.82) is 0 Å². The summed E-state index contributed by atoms with van der Waals surface area (Å²) in [5.74, 6) is -3.52. The second kappa shape index (κ2) is 9.66. The predicted octanol–water partition coefficient (Wildman–Crippen LogP) is 2.33. The van der Waals surface area contributed by atoms with Crippen molar-refractivity contribution < 1.29 is 24.2 Å². The highest BCUT2D eigenvalue weighted by molar-refractivity contribution is 6.17. The van der Waals surface area contributed by atoms with Gasteiger partial charge >= 0.3 is 11.9 Å². The number of carboxylic acid groups (broad SMARTS) is 1. The molecule has 0 aromatic rings. The van der Waals surface area contributed by atoms with Crippen molar-refractivity contribution in [3.8, 4) is 0 Å². The van der Waals surface area contributed by atoms with Gasteiger partial charge in [-0.25, -0.2) is 0 Å². The third kappa shape index (κ3) is 8.22. The van der Waals surface area contributed by atoms with Gasteiger partial charge < -0.3 is 15.2 Å². The van der Waals surface area contributed by atoms with E-state index < -0.39 is 29.5 Å². The summed E-state index contributed by atoms with van der Waals surface area (Å²) in [6, 6.07) is -0.792. The molecule has 0 aromatic heterocycles. The van der Waals surface area contributed by atoms with Gasteiger partial charge in [0.15, 0.2) is 5.92 Å². The first-order valence-corrected chi connectivity index (χ1v) is 7.96. The molecule has 0 heterocycles. The first-order chi connectivity index (χ1) is 10.1. The van der Waals surface area contributed by atoms with Crippen LogP contribution in [0.4, 0.5) is 0 Å². The topological polar surface area (TPSA) is 92.7 Å². The molecular formula is C15H26ClNO5. The van der Waals surface area contributed by atoms with E-state index in [2.05, 4.69) is 5.32 Å². The van der Waals surface area contributed by atoms with Crippen LogP contribution in [0.25, 0.3) is 0 Å². The lowest BCUT2D eigenvalue weighted by atomic mass is 9.95. The summed E-state index contributed by atoms with van der Waals surface area (Å²) in [4.78, 5) is 35.4. The minimum Gasteiger partial charge on any atom is -0.481 e. The van der Waals surface area contributed by atoms with Crippen molar-refractivity contribution >= 4 is 29.4 Å². The number of alkyl halides is 1. The predicted molar refractivity (Wildman–Crippen MR) is 83.8 cm³/mol. The smallest absolute Gasteiger partial charge is 0.322 e. The van der Waals surface area contributed by atoms with Crippen molar-refractivity contribution in [2.45, 2.75) is 65.0 Å². The highest BCUT2D eigenvalue weighted by Crippen LogP contribution is 2.17. The number of carbonyl (C=O) groups excluding carboxylic acids is 2. The SMILES string of the molecule is CCCC(NC(=O)CCCCl)C(C(=O)O)C(=O)OC(C)(C)C. The summed E-state index contributed by atoms with van der Waals surface area (Å²) in [5, 5.41) is 12.0. The summed E-state index contributed by atoms with van der Waals surface area (Å²) in [6.07, 6.45) is 1.70. The normalized spacial score (nSPS) is 14.0. The number of esters is 1. The molecule has 6 nitrogen and oxygen atoms in total. The van der Waals surface area contributed by atoms with E-state index in [1.807, 2.05) is 6.92 Å². The molecule has 0 bridgehead atoms. The molecule has 0 fully saturated rings. The maximum Gasteiger partial charge on any atom is 0.322 e. The molecule has 0 aliphatic carbocycles. The van der Waals surface area contributed by atoms with Gasteiger partial charge in [0, 0.05) is 12.3 Å². The van der Waals surface area contributed by atoms with Gasteiger partial charge in [-0.15, -0.1) is 11.6 Å². The summed E-state index contributed by atoms with van der Waals surface area (Å²) >= 11 is 5.53. The van der Waals surface area contributed by atoms with Crippen molar-refractivity contribution in [2.75, 3.05) is 5.88 Å². The Morgan fingerprint density at radius 3 is 2.27 bits per heavy atom. The Bertz CT molecular complexity index is 392. The molecule has 0 aliphatic rings. The van der Waals surface area contributed by atoms with E-state index in [4.69, 9.17) is 16.3 Å². The fourth-order valence-corrected chi connectivity index (χ4v) is 2.08. The molecule has 0 radical (unpaired) electrons. The van der Waals surface area contributed by atoms with E-state index in [1.54, 1.807) is 20.8 Å². The van der Waals surface area contributed by atoms with Crippen LogP contribution in [0.2, 0.25) is 0 Å². The summed E-state index contributed by atoms with van der Waals surface area (Å²) in [6.45, 7) is 6.85. The molecule has 0 spiro atoms. The molecule has 128 valence electrons. The van der Waals surface area contributed by atoms with E-state index in [-0.39, 0.29) is 12.3 Å². The maximum atomic E-state index is 12.1. The Labute approximate surface area is 136 Å². The van der Waals surface area contributed by atoms with Crippen molar-refractivity contribution in [2.24, 2.45) is 5.92 Å². The quantitative estimate of drug-likeness (QED) is 0.383. The van der Waals surface area contributed by atoms with Gasteiger partial charge in [-0.2, -0.15) is 0 Å². The molecular weight excluding hydrogens is 310 g/mol. The van der Waals surface area contributed by atoms with Gasteiger partial charge in [-0.1, -0.05) is 13.3 Å². The van der Waals surface area contributed by atoms with E-state index in [0.717, 1.165) is 0 Å². The largest absolute Gasteiger partial charge is 0.481 e. The van der Waals surface area contributed by atoms with Crippen LogP contribution in [0.1, 0.15) is 53.4 Å². The minimum atomic E-state index is -1.42. The summed E-state index contributed by atoms with van der Waals surface area (Å²) in [5.41, 5.74) is -0.788. The standard InChI is InChI=1S/C15H26ClNO5/c1-5-7-10(17-11(18)8-6-9-16)12(13(19)20)14(21)22-15(2,3)4/h10,12H,5-9H2,1-4H3,(H,17,18)(H,19,20). The average molecular weight is 336 g/mol. The lowest BCUT2D eigenvalue weighted by Gasteiger charge is -2.27. The molecule has 1 amide bonds. The average Bonchev–Trinajstić information content (AvgIpc) is 2.33. The first kappa shape index (κ1) is 20.7. The van der Waals surface area contributed by atoms with Crippen LogP contribution in [0.15, 0.2) is 0 Å². The fraction of sp³-hybridized carbons (Fsp3) is 0.800. The number of aliphatic carboxylic acids is 1. The lowest BCUT2D eigenvalue weighted by Crippen LogP contribution is -2.48. The zero-order valence-corrected chi connectivity index (χ0v) is 14.4. The van der Waals surface area contributed by atoms with Gasteiger partial charge in [0.25, 0.3) is 0 Å². The third-order valence-corrected chi connectivity index (χ3v) is 3.08. The maximum absolute atomic E-state index is 12.1. The number of nitrogens with one attached hydrogen (secondary N) is 1. The van der Waals surface area contributed by atoms with Crippen LogP contribution >= 0.6 is 11.6 Å². The van der Waals surface area contributed by atoms with E-state index >= 15 is 0 Å². The Balaban J connectivity index is 5.06. The number of carboxylic acids is 1. The monoisotopic (exact) mass is 335 g/mol. The number of carbonyl (C=O) groups is 3. The Morgan fingerprint density at radius 1 is 1.27 bits per heavy atom. The number of rotatable bonds is 9. The number of amides is 1. The van der Waals surface area contributed by atoms with Crippen LogP contribution in [-0.2, 0) is 19.1 Å². The molecule has 0 rings (SSSR count). The van der Waals surface area contributed by atoms with Crippen molar-refractivity contribution in [3.05, 3.63) is 0 Å². The molecule has 22 heavy (non-hydrogen) atoms. The van der Waals surface area contributed by atoms with Crippen LogP contribution in [0.3, 0.4) is 0 Å². The molecule has 2 unspecified atom stereocenters. The van der Waals surface area contributed by atoms with E-state index in [1.165, 1.54) is 0 Å². The van der Waals surface area contributed by atoms with E-state index in [0.29, 0.717) is 25.1 Å². The van der Waals surface area contributed by atoms with Gasteiger partial charge in [-0.05, 0) is 33.6 Å². The third-order valence-electron chi connectivity index (χ3n) is 2.81. The molecule has 7 heteroatoms. The zero-order valence-electron chi connectivity index (χ0n) is 13.6. The van der Waals surface area contributed by atoms with Gasteiger partial charge in [0.1, 0.15) is 5.60 Å². The number of hydrogen-bond acceptors (Lipinski definition) is 4. The number of halogens is 1. The number of ether oxygens (including phenoxy) is 1. The van der Waals surface area contributed by atoms with Crippen LogP contribution in [0, 0.1) is 5.92 Å². The second-order valence-electron chi connectivity index (χ2n) is 6.10. The highest BCUT2D eigenvalue weighted by Gasteiger charge is 2.38. The first-order valence-electron chi connectivity index (χ1n) is 7.43. The molecule has 2 atom stereocenters.